The fourth-order valence-corrected chi connectivity index (χ4v) is 4.36. The Hall–Kier alpha value is -4.99. The molecule has 1 heterocycles. The third-order valence-corrected chi connectivity index (χ3v) is 6.58. The fourth-order valence-electron chi connectivity index (χ4n) is 4.36. The van der Waals surface area contributed by atoms with Crippen LogP contribution in [0.4, 0.5) is 30.7 Å². The Morgan fingerprint density at radius 2 is 1.26 bits per heavy atom. The van der Waals surface area contributed by atoms with Crippen molar-refractivity contribution >= 4 is 0 Å². The smallest absolute Gasteiger partial charge is 0.429 e. The summed E-state index contributed by atoms with van der Waals surface area (Å²) >= 11 is 0. The van der Waals surface area contributed by atoms with Crippen LogP contribution in [0.2, 0.25) is 0 Å². The minimum atomic E-state index is -4.38. The first-order chi connectivity index (χ1) is 20.6. The summed E-state index contributed by atoms with van der Waals surface area (Å²) in [4.78, 5) is 8.78. The maximum absolute atomic E-state index is 15.1. The molecule has 5 rings (SSSR count). The summed E-state index contributed by atoms with van der Waals surface area (Å²) in [5.74, 6) is -8.08. The van der Waals surface area contributed by atoms with E-state index in [-0.39, 0.29) is 23.3 Å². The molecule has 3 nitrogen and oxygen atoms in total. The van der Waals surface area contributed by atoms with Crippen LogP contribution in [0.1, 0.15) is 17.5 Å². The fraction of sp³-hybridized carbons (Fsp3) is 0.0909. The average molecular weight is 595 g/mol. The number of halogens is 7. The van der Waals surface area contributed by atoms with Gasteiger partial charge in [0.05, 0.1) is 5.56 Å². The number of benzene rings is 4. The van der Waals surface area contributed by atoms with Crippen LogP contribution in [0.3, 0.4) is 0 Å². The average Bonchev–Trinajstić information content (AvgIpc) is 2.98. The first-order valence-electron chi connectivity index (χ1n) is 12.9. The van der Waals surface area contributed by atoms with Gasteiger partial charge in [0.2, 0.25) is 0 Å². The predicted molar refractivity (Wildman–Crippen MR) is 148 cm³/mol. The number of hydrogen-bond donors (Lipinski definition) is 0. The lowest BCUT2D eigenvalue weighted by atomic mass is 9.98. The first-order valence-corrected chi connectivity index (χ1v) is 12.9. The van der Waals surface area contributed by atoms with Gasteiger partial charge in [-0.1, -0.05) is 48.5 Å². The van der Waals surface area contributed by atoms with Crippen LogP contribution >= 0.6 is 0 Å². The zero-order valence-electron chi connectivity index (χ0n) is 22.2. The number of allylic oxidation sites excluding steroid dienone is 1. The highest BCUT2D eigenvalue weighted by atomic mass is 19.3. The molecule has 0 aliphatic rings. The van der Waals surface area contributed by atoms with Crippen LogP contribution in [0.5, 0.6) is 5.75 Å². The van der Waals surface area contributed by atoms with Crippen molar-refractivity contribution in [3.63, 3.8) is 0 Å². The van der Waals surface area contributed by atoms with Crippen LogP contribution in [0, 0.1) is 29.1 Å². The molecule has 0 bridgehead atoms. The second-order valence-electron chi connectivity index (χ2n) is 9.53. The minimum absolute atomic E-state index is 0.0380. The van der Waals surface area contributed by atoms with Crippen LogP contribution in [-0.2, 0) is 12.5 Å². The lowest BCUT2D eigenvalue weighted by Gasteiger charge is -2.19. The Kier molecular flexibility index (Phi) is 8.29. The number of rotatable bonds is 9. The number of ether oxygens (including phenoxy) is 1. The normalized spacial score (nSPS) is 11.4. The summed E-state index contributed by atoms with van der Waals surface area (Å²) in [6.07, 6.45) is 2.57. The molecule has 0 unspecified atom stereocenters. The van der Waals surface area contributed by atoms with Crippen molar-refractivity contribution in [3.05, 3.63) is 138 Å². The summed E-state index contributed by atoms with van der Waals surface area (Å²) in [5, 5.41) is 0. The molecule has 4 aromatic carbocycles. The number of nitrogens with zero attached hydrogens (tertiary/aromatic N) is 2. The maximum atomic E-state index is 15.1. The highest BCUT2D eigenvalue weighted by Crippen LogP contribution is 2.37. The van der Waals surface area contributed by atoms with E-state index in [1.807, 2.05) is 6.08 Å². The zero-order chi connectivity index (χ0) is 30.7. The van der Waals surface area contributed by atoms with Crippen molar-refractivity contribution in [2.75, 3.05) is 0 Å². The van der Waals surface area contributed by atoms with Crippen LogP contribution in [0.15, 0.2) is 97.8 Å². The van der Waals surface area contributed by atoms with Gasteiger partial charge in [-0.2, -0.15) is 8.78 Å². The zero-order valence-corrected chi connectivity index (χ0v) is 22.2. The summed E-state index contributed by atoms with van der Waals surface area (Å²) in [6.45, 7) is 3.70. The van der Waals surface area contributed by atoms with Crippen LogP contribution < -0.4 is 4.74 Å². The molecule has 5 aromatic rings. The van der Waals surface area contributed by atoms with Crippen LogP contribution in [-0.4, -0.2) is 9.97 Å². The van der Waals surface area contributed by atoms with E-state index < -0.39 is 46.5 Å². The largest absolute Gasteiger partial charge is 0.429 e. The quantitative estimate of drug-likeness (QED) is 0.0969. The highest BCUT2D eigenvalue weighted by molar-refractivity contribution is 5.72. The number of aromatic nitrogens is 2. The molecule has 10 heteroatoms. The Labute approximate surface area is 242 Å². The third kappa shape index (κ3) is 6.43. The summed E-state index contributed by atoms with van der Waals surface area (Å²) in [6, 6.07) is 14.2. The molecule has 0 spiro atoms. The third-order valence-electron chi connectivity index (χ3n) is 6.58. The lowest BCUT2D eigenvalue weighted by Crippen LogP contribution is -2.23. The summed E-state index contributed by atoms with van der Waals surface area (Å²) < 4.78 is 103. The Morgan fingerprint density at radius 1 is 0.674 bits per heavy atom. The number of alkyl halides is 2. The molecule has 0 radical (unpaired) electrons. The van der Waals surface area contributed by atoms with Gasteiger partial charge in [-0.15, -0.1) is 6.58 Å². The SMILES string of the molecule is C=CCCc1cnc(-c2ccc(-c3ccc(-c4ccc(C(F)(F)Oc5cc(F)c(F)c(F)c5)c(F)c4)c(F)c3)cc2)nc1. The second-order valence-corrected chi connectivity index (χ2v) is 9.53. The van der Waals surface area contributed by atoms with Gasteiger partial charge < -0.3 is 4.74 Å². The van der Waals surface area contributed by atoms with Gasteiger partial charge in [-0.3, -0.25) is 0 Å². The van der Waals surface area contributed by atoms with E-state index >= 15 is 4.39 Å². The molecule has 0 saturated heterocycles. The highest BCUT2D eigenvalue weighted by Gasteiger charge is 2.38. The molecule has 218 valence electrons. The monoisotopic (exact) mass is 594 g/mol. The van der Waals surface area contributed by atoms with E-state index in [4.69, 9.17) is 0 Å². The standard InChI is InChI=1S/C33H21F7N2O/c1-2-3-4-19-17-41-32(42-18-19)21-7-5-20(6-8-21)22-9-11-25(27(34)13-22)23-10-12-26(28(35)14-23)33(39,40)43-24-15-29(36)31(38)30(37)16-24/h2,5-18H,1,3-4H2. The molecule has 0 amide bonds. The molecule has 0 atom stereocenters. The van der Waals surface area contributed by atoms with E-state index in [0.29, 0.717) is 29.1 Å². The van der Waals surface area contributed by atoms with Crippen molar-refractivity contribution in [1.29, 1.82) is 0 Å². The van der Waals surface area contributed by atoms with E-state index in [1.165, 1.54) is 12.1 Å². The van der Waals surface area contributed by atoms with Crippen molar-refractivity contribution in [2.24, 2.45) is 0 Å². The summed E-state index contributed by atoms with van der Waals surface area (Å²) in [5.41, 5.74) is 1.60. The maximum Gasteiger partial charge on any atom is 0.429 e. The molecule has 0 N–H and O–H groups in total. The van der Waals surface area contributed by atoms with Gasteiger partial charge in [0.25, 0.3) is 0 Å². The minimum Gasteiger partial charge on any atom is -0.429 e. The second kappa shape index (κ2) is 12.1. The van der Waals surface area contributed by atoms with E-state index in [2.05, 4.69) is 21.3 Å². The Bertz CT molecular complexity index is 1770. The Morgan fingerprint density at radius 3 is 1.86 bits per heavy atom. The molecule has 0 aliphatic carbocycles. The van der Waals surface area contributed by atoms with Gasteiger partial charge in [-0.05, 0) is 53.3 Å². The van der Waals surface area contributed by atoms with E-state index in [9.17, 15) is 26.3 Å². The van der Waals surface area contributed by atoms with Crippen molar-refractivity contribution in [3.8, 4) is 39.4 Å². The number of aryl methyl sites for hydroxylation is 1. The van der Waals surface area contributed by atoms with Gasteiger partial charge in [0.1, 0.15) is 17.4 Å². The van der Waals surface area contributed by atoms with Crippen molar-refractivity contribution in [2.45, 2.75) is 19.0 Å². The molecule has 43 heavy (non-hydrogen) atoms. The van der Waals surface area contributed by atoms with Crippen molar-refractivity contribution < 1.29 is 35.5 Å². The number of hydrogen-bond acceptors (Lipinski definition) is 3. The molecular weight excluding hydrogens is 573 g/mol. The molecule has 0 fully saturated rings. The van der Waals surface area contributed by atoms with Gasteiger partial charge in [0.15, 0.2) is 23.3 Å². The molecule has 1 aromatic heterocycles. The molecule has 0 aliphatic heterocycles. The molecular formula is C33H21F7N2O. The van der Waals surface area contributed by atoms with Crippen molar-refractivity contribution in [1.82, 2.24) is 9.97 Å². The van der Waals surface area contributed by atoms with Gasteiger partial charge in [-0.25, -0.2) is 31.9 Å². The van der Waals surface area contributed by atoms with Gasteiger partial charge >= 0.3 is 6.11 Å². The van der Waals surface area contributed by atoms with E-state index in [0.717, 1.165) is 30.0 Å². The Balaban J connectivity index is 1.33. The first kappa shape index (κ1) is 29.5. The predicted octanol–water partition coefficient (Wildman–Crippen LogP) is 9.42. The van der Waals surface area contributed by atoms with E-state index in [1.54, 1.807) is 42.7 Å². The van der Waals surface area contributed by atoms with Crippen LogP contribution in [0.25, 0.3) is 33.6 Å². The summed E-state index contributed by atoms with van der Waals surface area (Å²) in [7, 11) is 0. The topological polar surface area (TPSA) is 35.0 Å². The van der Waals surface area contributed by atoms with Gasteiger partial charge in [0, 0.05) is 35.7 Å². The lowest BCUT2D eigenvalue weighted by molar-refractivity contribution is -0.187. The molecule has 0 saturated carbocycles.